The minimum absolute atomic E-state index is 0.0102. The lowest BCUT2D eigenvalue weighted by Crippen LogP contribution is -2.43. The molecular formula is C13H25NO4. The van der Waals surface area contributed by atoms with Crippen molar-refractivity contribution in [1.82, 2.24) is 4.90 Å². The monoisotopic (exact) mass is 261 g/mol. The van der Waals surface area contributed by atoms with Crippen LogP contribution in [0.2, 0.25) is 0 Å². The third-order valence-corrected chi connectivity index (χ3v) is 2.66. The molecule has 0 radical (unpaired) electrons. The second kappa shape index (κ2) is 6.95. The molecule has 1 saturated heterocycles. The second-order valence-electron chi connectivity index (χ2n) is 5.45. The van der Waals surface area contributed by atoms with Gasteiger partial charge >= 0.3 is 6.09 Å². The number of hydrogen-bond donors (Lipinski definition) is 1. The van der Waals surface area contributed by atoms with Gasteiger partial charge in [-0.25, -0.2) is 4.79 Å². The Morgan fingerprint density at radius 2 is 2.06 bits per heavy atom. The number of amides is 1. The van der Waals surface area contributed by atoms with Crippen molar-refractivity contribution in [3.05, 3.63) is 0 Å². The first-order valence-corrected chi connectivity index (χ1v) is 6.39. The van der Waals surface area contributed by atoms with E-state index in [-0.39, 0.29) is 25.2 Å². The molecule has 1 aliphatic heterocycles. The van der Waals surface area contributed by atoms with E-state index >= 15 is 0 Å². The highest BCUT2D eigenvalue weighted by atomic mass is 16.6. The zero-order chi connectivity index (χ0) is 15.4. The predicted molar refractivity (Wildman–Crippen MR) is 68.5 cm³/mol. The SMILES string of the molecule is [2H]C([2H])(O)CCOC1CCN(C(=O)OC(C)(C)C)CC1. The number of ether oxygens (including phenoxy) is 2. The molecule has 5 nitrogen and oxygen atoms in total. The molecule has 0 spiro atoms. The summed E-state index contributed by atoms with van der Waals surface area (Å²) in [6, 6.07) is 0. The quantitative estimate of drug-likeness (QED) is 0.838. The molecule has 1 amide bonds. The Kier molecular flexibility index (Phi) is 4.72. The Bertz CT molecular complexity index is 317. The van der Waals surface area contributed by atoms with Gasteiger partial charge in [-0.3, -0.25) is 0 Å². The van der Waals surface area contributed by atoms with Crippen molar-refractivity contribution in [1.29, 1.82) is 0 Å². The fourth-order valence-corrected chi connectivity index (χ4v) is 1.80. The molecular weight excluding hydrogens is 234 g/mol. The molecule has 0 aromatic carbocycles. The van der Waals surface area contributed by atoms with Gasteiger partial charge in [-0.2, -0.15) is 0 Å². The molecule has 1 fully saturated rings. The average molecular weight is 261 g/mol. The maximum absolute atomic E-state index is 11.8. The summed E-state index contributed by atoms with van der Waals surface area (Å²) in [5, 5.41) is 8.95. The van der Waals surface area contributed by atoms with Crippen LogP contribution in [0, 0.1) is 0 Å². The summed E-state index contributed by atoms with van der Waals surface area (Å²) >= 11 is 0. The van der Waals surface area contributed by atoms with Crippen LogP contribution in [0.1, 0.15) is 42.8 Å². The number of piperidine rings is 1. The molecule has 0 unspecified atom stereocenters. The maximum Gasteiger partial charge on any atom is 0.410 e. The molecule has 1 rings (SSSR count). The van der Waals surface area contributed by atoms with Gasteiger partial charge in [-0.15, -0.1) is 0 Å². The number of hydrogen-bond acceptors (Lipinski definition) is 4. The Morgan fingerprint density at radius 3 is 2.56 bits per heavy atom. The van der Waals surface area contributed by atoms with Gasteiger partial charge < -0.3 is 19.5 Å². The molecule has 1 aliphatic rings. The predicted octanol–water partition coefficient (Wildman–Crippen LogP) is 1.78. The Labute approximate surface area is 112 Å². The normalized spacial score (nSPS) is 20.3. The average Bonchev–Trinajstić information content (AvgIpc) is 2.25. The van der Waals surface area contributed by atoms with Crippen LogP contribution in [0.3, 0.4) is 0 Å². The molecule has 0 atom stereocenters. The van der Waals surface area contributed by atoms with Gasteiger partial charge in [0.2, 0.25) is 0 Å². The van der Waals surface area contributed by atoms with Crippen LogP contribution in [0.15, 0.2) is 0 Å². The Hall–Kier alpha value is -0.810. The van der Waals surface area contributed by atoms with Gasteiger partial charge in [-0.05, 0) is 40.0 Å². The van der Waals surface area contributed by atoms with Crippen molar-refractivity contribution in [2.24, 2.45) is 0 Å². The van der Waals surface area contributed by atoms with E-state index in [2.05, 4.69) is 0 Å². The van der Waals surface area contributed by atoms with Crippen molar-refractivity contribution in [2.45, 2.75) is 51.7 Å². The Morgan fingerprint density at radius 1 is 1.44 bits per heavy atom. The molecule has 0 aliphatic carbocycles. The van der Waals surface area contributed by atoms with Crippen LogP contribution in [-0.2, 0) is 9.47 Å². The smallest absolute Gasteiger partial charge is 0.410 e. The fourth-order valence-electron chi connectivity index (χ4n) is 1.80. The van der Waals surface area contributed by atoms with Crippen molar-refractivity contribution in [3.63, 3.8) is 0 Å². The molecule has 106 valence electrons. The maximum atomic E-state index is 11.8. The van der Waals surface area contributed by atoms with Crippen molar-refractivity contribution in [3.8, 4) is 0 Å². The lowest BCUT2D eigenvalue weighted by molar-refractivity contribution is -0.0138. The molecule has 5 heteroatoms. The molecule has 0 saturated carbocycles. The van der Waals surface area contributed by atoms with E-state index < -0.39 is 12.2 Å². The van der Waals surface area contributed by atoms with Crippen LogP contribution in [-0.4, -0.2) is 54.1 Å². The molecule has 1 N–H and O–H groups in total. The number of carbonyl (C=O) groups is 1. The molecule has 18 heavy (non-hydrogen) atoms. The summed E-state index contributed by atoms with van der Waals surface area (Å²) in [7, 11) is 0. The first-order valence-electron chi connectivity index (χ1n) is 7.39. The first-order chi connectivity index (χ1) is 9.07. The van der Waals surface area contributed by atoms with Crippen LogP contribution in [0.5, 0.6) is 0 Å². The molecule has 0 aromatic rings. The zero-order valence-corrected chi connectivity index (χ0v) is 11.4. The largest absolute Gasteiger partial charge is 0.444 e. The van der Waals surface area contributed by atoms with Crippen molar-refractivity contribution >= 4 is 6.09 Å². The van der Waals surface area contributed by atoms with Gasteiger partial charge in [0.1, 0.15) is 5.60 Å². The lowest BCUT2D eigenvalue weighted by Gasteiger charge is -2.33. The lowest BCUT2D eigenvalue weighted by atomic mass is 10.1. The van der Waals surface area contributed by atoms with Crippen molar-refractivity contribution < 1.29 is 22.1 Å². The van der Waals surface area contributed by atoms with E-state index in [1.807, 2.05) is 20.8 Å². The first kappa shape index (κ1) is 12.2. The van der Waals surface area contributed by atoms with E-state index in [0.717, 1.165) is 0 Å². The van der Waals surface area contributed by atoms with E-state index in [4.69, 9.17) is 17.3 Å². The standard InChI is InChI=1S/C13H25NO4/c1-13(2,3)18-12(16)14-7-5-11(6-8-14)17-10-4-9-15/h11,15H,4-10H2,1-3H3/i9D2. The van der Waals surface area contributed by atoms with E-state index in [0.29, 0.717) is 25.9 Å². The highest BCUT2D eigenvalue weighted by Gasteiger charge is 2.26. The number of nitrogens with zero attached hydrogens (tertiary/aromatic N) is 1. The summed E-state index contributed by atoms with van der Waals surface area (Å²) in [5.41, 5.74) is -0.489. The van der Waals surface area contributed by atoms with Crippen LogP contribution >= 0.6 is 0 Å². The highest BCUT2D eigenvalue weighted by molar-refractivity contribution is 5.68. The topological polar surface area (TPSA) is 59.0 Å². The van der Waals surface area contributed by atoms with Gasteiger partial charge in [0, 0.05) is 26.3 Å². The molecule has 1 heterocycles. The third kappa shape index (κ3) is 5.69. The molecule has 0 bridgehead atoms. The van der Waals surface area contributed by atoms with E-state index in [9.17, 15) is 4.79 Å². The third-order valence-electron chi connectivity index (χ3n) is 2.66. The fraction of sp³-hybridized carbons (Fsp3) is 0.923. The second-order valence-corrected chi connectivity index (χ2v) is 5.45. The summed E-state index contributed by atoms with van der Waals surface area (Å²) < 4.78 is 24.8. The van der Waals surface area contributed by atoms with Gasteiger partial charge in [0.25, 0.3) is 0 Å². The van der Waals surface area contributed by atoms with Crippen molar-refractivity contribution in [2.75, 3.05) is 26.3 Å². The number of rotatable bonds is 4. The summed E-state index contributed by atoms with van der Waals surface area (Å²) in [6.07, 6.45) is 1.07. The number of carbonyl (C=O) groups excluding carboxylic acids is 1. The minimum Gasteiger partial charge on any atom is -0.444 e. The van der Waals surface area contributed by atoms with Crippen LogP contribution in [0.4, 0.5) is 4.79 Å². The number of likely N-dealkylation sites (tertiary alicyclic amines) is 1. The van der Waals surface area contributed by atoms with Crippen LogP contribution < -0.4 is 0 Å². The summed E-state index contributed by atoms with van der Waals surface area (Å²) in [4.78, 5) is 13.5. The minimum atomic E-state index is -2.18. The summed E-state index contributed by atoms with van der Waals surface area (Å²) in [5.74, 6) is 0. The number of aliphatic hydroxyl groups is 1. The van der Waals surface area contributed by atoms with Gasteiger partial charge in [0.15, 0.2) is 0 Å². The zero-order valence-electron chi connectivity index (χ0n) is 13.4. The Balaban J connectivity index is 2.25. The summed E-state index contributed by atoms with van der Waals surface area (Å²) in [6.45, 7) is 4.66. The van der Waals surface area contributed by atoms with E-state index in [1.165, 1.54) is 0 Å². The molecule has 0 aromatic heterocycles. The van der Waals surface area contributed by atoms with Gasteiger partial charge in [0.05, 0.1) is 8.85 Å². The van der Waals surface area contributed by atoms with Gasteiger partial charge in [-0.1, -0.05) is 0 Å². The van der Waals surface area contributed by atoms with Crippen LogP contribution in [0.25, 0.3) is 0 Å². The van der Waals surface area contributed by atoms with E-state index in [1.54, 1.807) is 4.90 Å². The highest BCUT2D eigenvalue weighted by Crippen LogP contribution is 2.17.